The van der Waals surface area contributed by atoms with E-state index in [0.717, 1.165) is 5.56 Å². The van der Waals surface area contributed by atoms with Crippen LogP contribution < -0.4 is 0 Å². The predicted octanol–water partition coefficient (Wildman–Crippen LogP) is 1.98. The number of aryl methyl sites for hydroxylation is 1. The van der Waals surface area contributed by atoms with Gasteiger partial charge in [0.25, 0.3) is 6.29 Å². The lowest BCUT2D eigenvalue weighted by Crippen LogP contribution is -2.17. The zero-order valence-corrected chi connectivity index (χ0v) is 9.60. The summed E-state index contributed by atoms with van der Waals surface area (Å²) in [6.07, 6.45) is 0.575. The van der Waals surface area contributed by atoms with E-state index in [2.05, 4.69) is 0 Å². The zero-order chi connectivity index (χ0) is 12.4. The highest BCUT2D eigenvalue weighted by Crippen LogP contribution is 2.16. The molecule has 1 heterocycles. The fraction of sp³-hybridized carbons (Fsp3) is 0.231. The van der Waals surface area contributed by atoms with Gasteiger partial charge in [0.15, 0.2) is 0 Å². The lowest BCUT2D eigenvalue weighted by atomic mass is 10.1. The normalized spacial score (nSPS) is 18.6. The first kappa shape index (κ1) is 11.4. The van der Waals surface area contributed by atoms with Crippen molar-refractivity contribution in [3.8, 4) is 0 Å². The second kappa shape index (κ2) is 4.41. The lowest BCUT2D eigenvalue weighted by molar-refractivity contribution is -0.151. The van der Waals surface area contributed by atoms with Crippen LogP contribution in [0.4, 0.5) is 0 Å². The number of benzene rings is 1. The molecule has 0 N–H and O–H groups in total. The Bertz CT molecular complexity index is 502. The largest absolute Gasteiger partial charge is 0.418 e. The molecule has 0 aromatic heterocycles. The highest BCUT2D eigenvalue weighted by molar-refractivity contribution is 5.92. The third kappa shape index (κ3) is 2.53. The third-order valence-corrected chi connectivity index (χ3v) is 2.41. The molecule has 1 atom stereocenters. The monoisotopic (exact) mass is 232 g/mol. The van der Waals surface area contributed by atoms with Crippen LogP contribution >= 0.6 is 0 Å². The van der Waals surface area contributed by atoms with E-state index in [4.69, 9.17) is 9.47 Å². The summed E-state index contributed by atoms with van der Waals surface area (Å²) < 4.78 is 9.86. The smallest absolute Gasteiger partial charge is 0.341 e. The van der Waals surface area contributed by atoms with Crippen molar-refractivity contribution in [3.63, 3.8) is 0 Å². The Kier molecular flexibility index (Phi) is 2.95. The summed E-state index contributed by atoms with van der Waals surface area (Å²) in [5.74, 6) is -0.954. The van der Waals surface area contributed by atoms with Crippen LogP contribution in [-0.4, -0.2) is 18.2 Å². The summed E-state index contributed by atoms with van der Waals surface area (Å²) in [6.45, 7) is 3.50. The van der Waals surface area contributed by atoms with Crippen LogP contribution in [-0.2, 0) is 14.3 Å². The Balaban J connectivity index is 2.06. The van der Waals surface area contributed by atoms with Gasteiger partial charge in [-0.05, 0) is 26.0 Å². The molecular formula is C13H12O4. The van der Waals surface area contributed by atoms with E-state index in [9.17, 15) is 9.59 Å². The first-order valence-electron chi connectivity index (χ1n) is 5.23. The van der Waals surface area contributed by atoms with Gasteiger partial charge in [0.05, 0.1) is 5.56 Å². The minimum absolute atomic E-state index is 0.444. The molecule has 0 bridgehead atoms. The van der Waals surface area contributed by atoms with Gasteiger partial charge in [0.1, 0.15) is 0 Å². The second-order valence-electron chi connectivity index (χ2n) is 3.90. The molecular weight excluding hydrogens is 220 g/mol. The Hall–Kier alpha value is -2.10. The molecule has 1 aliphatic heterocycles. The van der Waals surface area contributed by atoms with Crippen LogP contribution in [0.5, 0.6) is 0 Å². The van der Waals surface area contributed by atoms with E-state index < -0.39 is 18.2 Å². The topological polar surface area (TPSA) is 52.6 Å². The van der Waals surface area contributed by atoms with Crippen molar-refractivity contribution in [2.24, 2.45) is 0 Å². The highest BCUT2D eigenvalue weighted by atomic mass is 16.7. The van der Waals surface area contributed by atoms with E-state index in [1.165, 1.54) is 6.08 Å². The summed E-state index contributed by atoms with van der Waals surface area (Å²) in [6, 6.07) is 7.03. The molecule has 0 aliphatic carbocycles. The summed E-state index contributed by atoms with van der Waals surface area (Å²) in [5.41, 5.74) is 1.86. The van der Waals surface area contributed by atoms with E-state index >= 15 is 0 Å². The highest BCUT2D eigenvalue weighted by Gasteiger charge is 2.25. The number of ether oxygens (including phenoxy) is 2. The van der Waals surface area contributed by atoms with Gasteiger partial charge in [-0.2, -0.15) is 0 Å². The van der Waals surface area contributed by atoms with Gasteiger partial charge in [-0.1, -0.05) is 17.7 Å². The maximum Gasteiger partial charge on any atom is 0.341 e. The van der Waals surface area contributed by atoms with Gasteiger partial charge in [-0.15, -0.1) is 0 Å². The summed E-state index contributed by atoms with van der Waals surface area (Å²) in [4.78, 5) is 22.8. The first-order chi connectivity index (χ1) is 8.06. The van der Waals surface area contributed by atoms with Crippen molar-refractivity contribution in [1.82, 2.24) is 0 Å². The minimum Gasteiger partial charge on any atom is -0.418 e. The van der Waals surface area contributed by atoms with E-state index in [1.807, 2.05) is 13.0 Å². The van der Waals surface area contributed by atoms with Gasteiger partial charge in [0.2, 0.25) is 0 Å². The van der Waals surface area contributed by atoms with Gasteiger partial charge in [-0.3, -0.25) is 0 Å². The molecule has 4 nitrogen and oxygen atoms in total. The molecule has 0 spiro atoms. The molecule has 1 aliphatic rings. The van der Waals surface area contributed by atoms with Crippen molar-refractivity contribution in [2.75, 3.05) is 0 Å². The van der Waals surface area contributed by atoms with Crippen LogP contribution in [0.25, 0.3) is 0 Å². The predicted molar refractivity (Wildman–Crippen MR) is 60.2 cm³/mol. The summed E-state index contributed by atoms with van der Waals surface area (Å²) in [5, 5.41) is 0. The molecule has 1 aromatic rings. The number of hydrogen-bond donors (Lipinski definition) is 0. The number of carbonyl (C=O) groups is 2. The van der Waals surface area contributed by atoms with E-state index in [0.29, 0.717) is 11.1 Å². The molecule has 0 fully saturated rings. The van der Waals surface area contributed by atoms with Crippen LogP contribution in [0, 0.1) is 6.92 Å². The van der Waals surface area contributed by atoms with Crippen molar-refractivity contribution < 1.29 is 19.1 Å². The van der Waals surface area contributed by atoms with Crippen molar-refractivity contribution in [2.45, 2.75) is 20.1 Å². The fourth-order valence-electron chi connectivity index (χ4n) is 1.51. The molecule has 17 heavy (non-hydrogen) atoms. The maximum atomic E-state index is 11.7. The molecule has 0 saturated carbocycles. The van der Waals surface area contributed by atoms with Crippen LogP contribution in [0.1, 0.15) is 22.8 Å². The average molecular weight is 232 g/mol. The van der Waals surface area contributed by atoms with E-state index in [1.54, 1.807) is 25.1 Å². The molecule has 0 amide bonds. The average Bonchev–Trinajstić information content (AvgIpc) is 2.58. The number of esters is 2. The Labute approximate surface area is 98.8 Å². The zero-order valence-electron chi connectivity index (χ0n) is 9.60. The van der Waals surface area contributed by atoms with Gasteiger partial charge >= 0.3 is 11.9 Å². The van der Waals surface area contributed by atoms with Crippen molar-refractivity contribution >= 4 is 11.9 Å². The van der Waals surface area contributed by atoms with E-state index in [-0.39, 0.29) is 0 Å². The summed E-state index contributed by atoms with van der Waals surface area (Å²) >= 11 is 0. The van der Waals surface area contributed by atoms with Crippen LogP contribution in [0.2, 0.25) is 0 Å². The number of cyclic esters (lactones) is 1. The first-order valence-corrected chi connectivity index (χ1v) is 5.23. The maximum absolute atomic E-state index is 11.7. The SMILES string of the molecule is CC1=C[C@H](OC(=O)c2cccc(C)c2)OC1=O. The van der Waals surface area contributed by atoms with Crippen molar-refractivity contribution in [1.29, 1.82) is 0 Å². The number of rotatable bonds is 2. The van der Waals surface area contributed by atoms with Gasteiger partial charge < -0.3 is 9.47 Å². The molecule has 0 radical (unpaired) electrons. The second-order valence-corrected chi connectivity index (χ2v) is 3.90. The standard InChI is InChI=1S/C13H12O4/c1-8-4-3-5-10(6-8)13(15)17-11-7-9(2)12(14)16-11/h3-7,11H,1-2H3/t11-/m0/s1. The lowest BCUT2D eigenvalue weighted by Gasteiger charge is -2.09. The molecule has 0 saturated heterocycles. The van der Waals surface area contributed by atoms with Crippen molar-refractivity contribution in [3.05, 3.63) is 47.0 Å². The Morgan fingerprint density at radius 1 is 1.35 bits per heavy atom. The Morgan fingerprint density at radius 3 is 2.71 bits per heavy atom. The molecule has 2 rings (SSSR count). The third-order valence-electron chi connectivity index (χ3n) is 2.41. The fourth-order valence-corrected chi connectivity index (χ4v) is 1.51. The quantitative estimate of drug-likeness (QED) is 0.731. The van der Waals surface area contributed by atoms with Gasteiger partial charge in [-0.25, -0.2) is 9.59 Å². The molecule has 4 heteroatoms. The molecule has 88 valence electrons. The number of carbonyl (C=O) groups excluding carboxylic acids is 2. The Morgan fingerprint density at radius 2 is 2.12 bits per heavy atom. The molecule has 1 aromatic carbocycles. The van der Waals surface area contributed by atoms with Crippen LogP contribution in [0.3, 0.4) is 0 Å². The van der Waals surface area contributed by atoms with Gasteiger partial charge in [0, 0.05) is 11.6 Å². The number of hydrogen-bond acceptors (Lipinski definition) is 4. The minimum atomic E-state index is -0.907. The summed E-state index contributed by atoms with van der Waals surface area (Å²) in [7, 11) is 0. The molecule has 0 unspecified atom stereocenters. The van der Waals surface area contributed by atoms with Crippen LogP contribution in [0.15, 0.2) is 35.9 Å².